The third-order valence-electron chi connectivity index (χ3n) is 2.01. The van der Waals surface area contributed by atoms with Gasteiger partial charge in [0.25, 0.3) is 0 Å². The van der Waals surface area contributed by atoms with E-state index in [1.807, 2.05) is 6.20 Å². The van der Waals surface area contributed by atoms with Crippen molar-refractivity contribution in [1.82, 2.24) is 15.3 Å². The summed E-state index contributed by atoms with van der Waals surface area (Å²) in [7, 11) is 0. The second kappa shape index (κ2) is 4.93. The molecule has 14 heavy (non-hydrogen) atoms. The molecule has 4 heteroatoms. The molecule has 0 aliphatic heterocycles. The molecule has 0 spiro atoms. The van der Waals surface area contributed by atoms with Crippen molar-refractivity contribution in [3.05, 3.63) is 40.6 Å². The van der Waals surface area contributed by atoms with Gasteiger partial charge in [0.05, 0.1) is 6.33 Å². The third kappa shape index (κ3) is 2.68. The fourth-order valence-corrected chi connectivity index (χ4v) is 1.94. The molecule has 2 N–H and O–H groups in total. The van der Waals surface area contributed by atoms with Crippen molar-refractivity contribution in [3.8, 4) is 0 Å². The van der Waals surface area contributed by atoms with Gasteiger partial charge in [-0.2, -0.15) is 0 Å². The number of rotatable bonds is 5. The highest BCUT2D eigenvalue weighted by Crippen LogP contribution is 2.07. The summed E-state index contributed by atoms with van der Waals surface area (Å²) in [6, 6.07) is 4.23. The van der Waals surface area contributed by atoms with E-state index in [-0.39, 0.29) is 0 Å². The molecule has 0 fully saturated rings. The van der Waals surface area contributed by atoms with Gasteiger partial charge in [0.1, 0.15) is 0 Å². The predicted molar refractivity (Wildman–Crippen MR) is 58.3 cm³/mol. The summed E-state index contributed by atoms with van der Waals surface area (Å²) < 4.78 is 0. The number of nitrogens with one attached hydrogen (secondary N) is 2. The van der Waals surface area contributed by atoms with E-state index < -0.39 is 0 Å². The Morgan fingerprint density at radius 1 is 1.50 bits per heavy atom. The van der Waals surface area contributed by atoms with Crippen LogP contribution in [0.25, 0.3) is 0 Å². The van der Waals surface area contributed by atoms with Gasteiger partial charge < -0.3 is 10.3 Å². The van der Waals surface area contributed by atoms with E-state index in [1.165, 1.54) is 10.6 Å². The molecule has 0 radical (unpaired) electrons. The Morgan fingerprint density at radius 2 is 2.50 bits per heavy atom. The Bertz CT molecular complexity index is 303. The SMILES string of the molecule is c1csc(CNCCc2cnc[nH]2)c1. The van der Waals surface area contributed by atoms with Crippen molar-refractivity contribution in [2.75, 3.05) is 6.54 Å². The van der Waals surface area contributed by atoms with Gasteiger partial charge in [-0.3, -0.25) is 0 Å². The molecule has 0 saturated carbocycles. The lowest BCUT2D eigenvalue weighted by Gasteiger charge is -2.00. The third-order valence-corrected chi connectivity index (χ3v) is 2.88. The normalized spacial score (nSPS) is 10.6. The topological polar surface area (TPSA) is 40.7 Å². The van der Waals surface area contributed by atoms with E-state index in [4.69, 9.17) is 0 Å². The molecule has 2 heterocycles. The molecule has 0 aliphatic rings. The minimum atomic E-state index is 0.964. The van der Waals surface area contributed by atoms with Gasteiger partial charge in [0.2, 0.25) is 0 Å². The quantitative estimate of drug-likeness (QED) is 0.734. The van der Waals surface area contributed by atoms with Crippen molar-refractivity contribution in [2.24, 2.45) is 0 Å². The zero-order valence-corrected chi connectivity index (χ0v) is 8.68. The molecular weight excluding hydrogens is 194 g/mol. The molecule has 0 aliphatic carbocycles. The lowest BCUT2D eigenvalue weighted by Crippen LogP contribution is -2.15. The van der Waals surface area contributed by atoms with E-state index in [1.54, 1.807) is 17.7 Å². The molecule has 0 aromatic carbocycles. The number of aromatic amines is 1. The smallest absolute Gasteiger partial charge is 0.0921 e. The van der Waals surface area contributed by atoms with Crippen LogP contribution in [0, 0.1) is 0 Å². The number of aromatic nitrogens is 2. The number of hydrogen-bond acceptors (Lipinski definition) is 3. The van der Waals surface area contributed by atoms with Gasteiger partial charge in [-0.1, -0.05) is 6.07 Å². The molecule has 3 nitrogen and oxygen atoms in total. The number of imidazole rings is 1. The number of thiophene rings is 1. The maximum atomic E-state index is 3.97. The van der Waals surface area contributed by atoms with E-state index in [9.17, 15) is 0 Å². The van der Waals surface area contributed by atoms with Crippen LogP contribution >= 0.6 is 11.3 Å². The zero-order valence-electron chi connectivity index (χ0n) is 7.86. The molecule has 0 bridgehead atoms. The molecule has 0 amide bonds. The first-order chi connectivity index (χ1) is 6.95. The Hall–Kier alpha value is -1.13. The van der Waals surface area contributed by atoms with Gasteiger partial charge in [-0.25, -0.2) is 4.98 Å². The van der Waals surface area contributed by atoms with Crippen LogP contribution in [0.3, 0.4) is 0 Å². The van der Waals surface area contributed by atoms with Gasteiger partial charge >= 0.3 is 0 Å². The lowest BCUT2D eigenvalue weighted by molar-refractivity contribution is 0.687. The van der Waals surface area contributed by atoms with Crippen molar-refractivity contribution < 1.29 is 0 Å². The van der Waals surface area contributed by atoms with Crippen molar-refractivity contribution in [3.63, 3.8) is 0 Å². The fraction of sp³-hybridized carbons (Fsp3) is 0.300. The standard InChI is InChI=1S/C10H13N3S/c1-2-10(14-5-1)7-11-4-3-9-6-12-8-13-9/h1-2,5-6,8,11H,3-4,7H2,(H,12,13). The highest BCUT2D eigenvalue weighted by atomic mass is 32.1. The van der Waals surface area contributed by atoms with Gasteiger partial charge in [0, 0.05) is 36.3 Å². The summed E-state index contributed by atoms with van der Waals surface area (Å²) in [6.45, 7) is 1.95. The first-order valence-electron chi connectivity index (χ1n) is 4.65. The largest absolute Gasteiger partial charge is 0.348 e. The molecular formula is C10H13N3S. The summed E-state index contributed by atoms with van der Waals surface area (Å²) in [4.78, 5) is 8.44. The van der Waals surface area contributed by atoms with Gasteiger partial charge in [-0.05, 0) is 11.4 Å². The van der Waals surface area contributed by atoms with Crippen molar-refractivity contribution >= 4 is 11.3 Å². The highest BCUT2D eigenvalue weighted by Gasteiger charge is 1.94. The lowest BCUT2D eigenvalue weighted by atomic mass is 10.3. The van der Waals surface area contributed by atoms with Gasteiger partial charge in [0.15, 0.2) is 0 Å². The summed E-state index contributed by atoms with van der Waals surface area (Å²) >= 11 is 1.79. The second-order valence-electron chi connectivity index (χ2n) is 3.08. The highest BCUT2D eigenvalue weighted by molar-refractivity contribution is 7.09. The first kappa shape index (κ1) is 9.43. The van der Waals surface area contributed by atoms with E-state index in [2.05, 4.69) is 32.8 Å². The summed E-state index contributed by atoms with van der Waals surface area (Å²) in [6.07, 6.45) is 4.59. The van der Waals surface area contributed by atoms with Crippen LogP contribution in [-0.4, -0.2) is 16.5 Å². The summed E-state index contributed by atoms with van der Waals surface area (Å²) in [5.74, 6) is 0. The van der Waals surface area contributed by atoms with Crippen LogP contribution < -0.4 is 5.32 Å². The maximum Gasteiger partial charge on any atom is 0.0921 e. The van der Waals surface area contributed by atoms with Crippen LogP contribution in [0.15, 0.2) is 30.0 Å². The minimum absolute atomic E-state index is 0.964. The van der Waals surface area contributed by atoms with Crippen LogP contribution in [0.2, 0.25) is 0 Å². The second-order valence-corrected chi connectivity index (χ2v) is 4.12. The summed E-state index contributed by atoms with van der Waals surface area (Å²) in [5, 5.41) is 5.49. The minimum Gasteiger partial charge on any atom is -0.348 e. The number of H-pyrrole nitrogens is 1. The average Bonchev–Trinajstić information content (AvgIpc) is 2.86. The Kier molecular flexibility index (Phi) is 3.32. The maximum absolute atomic E-state index is 3.97. The summed E-state index contributed by atoms with van der Waals surface area (Å²) in [5.41, 5.74) is 1.18. The Balaban J connectivity index is 1.65. The van der Waals surface area contributed by atoms with Crippen LogP contribution in [0.4, 0.5) is 0 Å². The molecule has 2 rings (SSSR count). The van der Waals surface area contributed by atoms with E-state index in [0.29, 0.717) is 0 Å². The predicted octanol–water partition coefficient (Wildman–Crippen LogP) is 1.80. The first-order valence-corrected chi connectivity index (χ1v) is 5.53. The van der Waals surface area contributed by atoms with Crippen molar-refractivity contribution in [2.45, 2.75) is 13.0 Å². The van der Waals surface area contributed by atoms with Crippen LogP contribution in [0.5, 0.6) is 0 Å². The fourth-order valence-electron chi connectivity index (χ4n) is 1.27. The molecule has 0 unspecified atom stereocenters. The monoisotopic (exact) mass is 207 g/mol. The molecule has 2 aromatic rings. The molecule has 74 valence electrons. The average molecular weight is 207 g/mol. The Morgan fingerprint density at radius 3 is 3.21 bits per heavy atom. The van der Waals surface area contributed by atoms with Crippen molar-refractivity contribution in [1.29, 1.82) is 0 Å². The van der Waals surface area contributed by atoms with Gasteiger partial charge in [-0.15, -0.1) is 11.3 Å². The number of hydrogen-bond donors (Lipinski definition) is 2. The zero-order chi connectivity index (χ0) is 9.64. The van der Waals surface area contributed by atoms with E-state index >= 15 is 0 Å². The Labute approximate surface area is 87.2 Å². The van der Waals surface area contributed by atoms with Crippen LogP contribution in [-0.2, 0) is 13.0 Å². The van der Waals surface area contributed by atoms with E-state index in [0.717, 1.165) is 19.5 Å². The number of nitrogens with zero attached hydrogens (tertiary/aromatic N) is 1. The molecule has 0 atom stereocenters. The molecule has 2 aromatic heterocycles. The molecule has 0 saturated heterocycles. The van der Waals surface area contributed by atoms with Crippen LogP contribution in [0.1, 0.15) is 10.6 Å².